The Kier molecular flexibility index (Phi) is 4.08. The standard InChI is InChI=1S/C13H6BrF4NO/c14-8-5-6(1-3-9(8)15)19-13(20)7-2-4-10(16)12(18)11(7)17/h1-5H,(H,19,20). The quantitative estimate of drug-likeness (QED) is 0.638. The second kappa shape index (κ2) is 5.62. The van der Waals surface area contributed by atoms with Crippen molar-refractivity contribution >= 4 is 27.5 Å². The van der Waals surface area contributed by atoms with E-state index in [-0.39, 0.29) is 10.2 Å². The molecule has 0 aliphatic carbocycles. The lowest BCUT2D eigenvalue weighted by molar-refractivity contribution is 0.102. The Morgan fingerprint density at radius 3 is 2.25 bits per heavy atom. The van der Waals surface area contributed by atoms with Crippen LogP contribution in [0.3, 0.4) is 0 Å². The van der Waals surface area contributed by atoms with Gasteiger partial charge >= 0.3 is 0 Å². The van der Waals surface area contributed by atoms with Gasteiger partial charge in [0.1, 0.15) is 5.82 Å². The normalized spacial score (nSPS) is 10.4. The van der Waals surface area contributed by atoms with Crippen molar-refractivity contribution < 1.29 is 22.4 Å². The molecule has 1 N–H and O–H groups in total. The highest BCUT2D eigenvalue weighted by molar-refractivity contribution is 9.10. The molecule has 2 aromatic carbocycles. The highest BCUT2D eigenvalue weighted by Gasteiger charge is 2.19. The minimum Gasteiger partial charge on any atom is -0.322 e. The fourth-order valence-corrected chi connectivity index (χ4v) is 1.85. The molecule has 7 heteroatoms. The van der Waals surface area contributed by atoms with E-state index >= 15 is 0 Å². The maximum absolute atomic E-state index is 13.4. The van der Waals surface area contributed by atoms with E-state index in [0.29, 0.717) is 6.07 Å². The van der Waals surface area contributed by atoms with Crippen LogP contribution in [0.15, 0.2) is 34.8 Å². The van der Waals surface area contributed by atoms with Crippen LogP contribution in [0.4, 0.5) is 23.2 Å². The number of amides is 1. The van der Waals surface area contributed by atoms with E-state index in [0.717, 1.165) is 12.1 Å². The molecule has 2 nitrogen and oxygen atoms in total. The zero-order chi connectivity index (χ0) is 14.9. The average molecular weight is 348 g/mol. The molecule has 0 saturated heterocycles. The average Bonchev–Trinajstić information content (AvgIpc) is 2.40. The summed E-state index contributed by atoms with van der Waals surface area (Å²) in [4.78, 5) is 11.7. The summed E-state index contributed by atoms with van der Waals surface area (Å²) in [5.74, 6) is -6.20. The summed E-state index contributed by atoms with van der Waals surface area (Å²) in [6.07, 6.45) is 0. The minimum absolute atomic E-state index is 0.0982. The van der Waals surface area contributed by atoms with Gasteiger partial charge in [0, 0.05) is 5.69 Å². The van der Waals surface area contributed by atoms with Crippen molar-refractivity contribution in [2.75, 3.05) is 5.32 Å². The van der Waals surface area contributed by atoms with Gasteiger partial charge in [-0.3, -0.25) is 4.79 Å². The van der Waals surface area contributed by atoms with Crippen LogP contribution in [-0.2, 0) is 0 Å². The van der Waals surface area contributed by atoms with Crippen LogP contribution in [0.2, 0.25) is 0 Å². The maximum atomic E-state index is 13.4. The predicted octanol–water partition coefficient (Wildman–Crippen LogP) is 4.26. The van der Waals surface area contributed by atoms with Gasteiger partial charge in [0.15, 0.2) is 17.5 Å². The zero-order valence-corrected chi connectivity index (χ0v) is 11.3. The largest absolute Gasteiger partial charge is 0.322 e. The Morgan fingerprint density at radius 1 is 0.950 bits per heavy atom. The first kappa shape index (κ1) is 14.5. The predicted molar refractivity (Wildman–Crippen MR) is 68.4 cm³/mol. The molecule has 0 aliphatic rings. The number of anilines is 1. The molecule has 104 valence electrons. The second-order valence-electron chi connectivity index (χ2n) is 3.81. The summed E-state index contributed by atoms with van der Waals surface area (Å²) >= 11 is 2.92. The van der Waals surface area contributed by atoms with Crippen molar-refractivity contribution in [2.24, 2.45) is 0 Å². The van der Waals surface area contributed by atoms with Gasteiger partial charge in [0.25, 0.3) is 5.91 Å². The Labute approximate surface area is 119 Å². The summed E-state index contributed by atoms with van der Waals surface area (Å²) in [6.45, 7) is 0. The maximum Gasteiger partial charge on any atom is 0.258 e. The van der Waals surface area contributed by atoms with Gasteiger partial charge < -0.3 is 5.32 Å². The van der Waals surface area contributed by atoms with Crippen LogP contribution in [0.1, 0.15) is 10.4 Å². The smallest absolute Gasteiger partial charge is 0.258 e. The topological polar surface area (TPSA) is 29.1 Å². The zero-order valence-electron chi connectivity index (χ0n) is 9.68. The number of carbonyl (C=O) groups excluding carboxylic acids is 1. The number of carbonyl (C=O) groups is 1. The van der Waals surface area contributed by atoms with Crippen molar-refractivity contribution in [1.29, 1.82) is 0 Å². The molecule has 0 saturated carbocycles. The van der Waals surface area contributed by atoms with Gasteiger partial charge in [-0.15, -0.1) is 0 Å². The molecule has 0 unspecified atom stereocenters. The highest BCUT2D eigenvalue weighted by Crippen LogP contribution is 2.21. The Bertz CT molecular complexity index is 690. The minimum atomic E-state index is -1.72. The van der Waals surface area contributed by atoms with Crippen LogP contribution < -0.4 is 5.32 Å². The molecule has 0 atom stereocenters. The Morgan fingerprint density at radius 2 is 1.60 bits per heavy atom. The van der Waals surface area contributed by atoms with Crippen molar-refractivity contribution in [3.63, 3.8) is 0 Å². The molecule has 0 spiro atoms. The molecule has 0 heterocycles. The summed E-state index contributed by atoms with van der Waals surface area (Å²) < 4.78 is 52.3. The van der Waals surface area contributed by atoms with Gasteiger partial charge in [0.05, 0.1) is 10.0 Å². The van der Waals surface area contributed by atoms with Crippen molar-refractivity contribution in [3.8, 4) is 0 Å². The van der Waals surface area contributed by atoms with Crippen molar-refractivity contribution in [1.82, 2.24) is 0 Å². The molecule has 1 amide bonds. The van der Waals surface area contributed by atoms with Crippen LogP contribution >= 0.6 is 15.9 Å². The van der Waals surface area contributed by atoms with Gasteiger partial charge in [-0.25, -0.2) is 17.6 Å². The summed E-state index contributed by atoms with van der Waals surface area (Å²) in [5, 5.41) is 2.25. The van der Waals surface area contributed by atoms with Gasteiger partial charge in [0.2, 0.25) is 0 Å². The first-order valence-electron chi connectivity index (χ1n) is 5.30. The Hall–Kier alpha value is -1.89. The third-order valence-electron chi connectivity index (χ3n) is 2.46. The number of rotatable bonds is 2. The van der Waals surface area contributed by atoms with E-state index in [2.05, 4.69) is 21.2 Å². The summed E-state index contributed by atoms with van der Waals surface area (Å²) in [5.41, 5.74) is -0.475. The molecule has 2 aromatic rings. The number of hydrogen-bond donors (Lipinski definition) is 1. The lowest BCUT2D eigenvalue weighted by atomic mass is 10.1. The van der Waals surface area contributed by atoms with E-state index in [1.807, 2.05) is 0 Å². The SMILES string of the molecule is O=C(Nc1ccc(F)c(Br)c1)c1ccc(F)c(F)c1F. The lowest BCUT2D eigenvalue weighted by Gasteiger charge is -2.07. The summed E-state index contributed by atoms with van der Waals surface area (Å²) in [7, 11) is 0. The van der Waals surface area contributed by atoms with Gasteiger partial charge in [-0.2, -0.15) is 0 Å². The first-order valence-corrected chi connectivity index (χ1v) is 6.09. The van der Waals surface area contributed by atoms with Gasteiger partial charge in [-0.05, 0) is 46.3 Å². The lowest BCUT2D eigenvalue weighted by Crippen LogP contribution is -2.15. The van der Waals surface area contributed by atoms with Crippen molar-refractivity contribution in [3.05, 3.63) is 63.6 Å². The highest BCUT2D eigenvalue weighted by atomic mass is 79.9. The van der Waals surface area contributed by atoms with E-state index < -0.39 is 34.7 Å². The second-order valence-corrected chi connectivity index (χ2v) is 4.66. The van der Waals surface area contributed by atoms with E-state index in [9.17, 15) is 22.4 Å². The molecule has 2 rings (SSSR count). The van der Waals surface area contributed by atoms with E-state index in [1.54, 1.807) is 0 Å². The molecule has 0 bridgehead atoms. The number of halogens is 5. The third-order valence-corrected chi connectivity index (χ3v) is 3.06. The fraction of sp³-hybridized carbons (Fsp3) is 0. The van der Waals surface area contributed by atoms with Crippen LogP contribution in [0.5, 0.6) is 0 Å². The monoisotopic (exact) mass is 347 g/mol. The third kappa shape index (κ3) is 2.82. The molecule has 0 radical (unpaired) electrons. The van der Waals surface area contributed by atoms with E-state index in [1.165, 1.54) is 12.1 Å². The molecular formula is C13H6BrF4NO. The molecule has 0 fully saturated rings. The van der Waals surface area contributed by atoms with Crippen molar-refractivity contribution in [2.45, 2.75) is 0 Å². The van der Waals surface area contributed by atoms with E-state index in [4.69, 9.17) is 0 Å². The Balaban J connectivity index is 2.28. The molecule has 0 aromatic heterocycles. The number of benzene rings is 2. The molecule has 20 heavy (non-hydrogen) atoms. The number of hydrogen-bond acceptors (Lipinski definition) is 1. The number of nitrogens with one attached hydrogen (secondary N) is 1. The summed E-state index contributed by atoms with van der Waals surface area (Å²) in [6, 6.07) is 5.05. The van der Waals surface area contributed by atoms with Crippen LogP contribution in [0.25, 0.3) is 0 Å². The molecule has 0 aliphatic heterocycles. The fourth-order valence-electron chi connectivity index (χ4n) is 1.47. The van der Waals surface area contributed by atoms with Gasteiger partial charge in [-0.1, -0.05) is 0 Å². The molecular weight excluding hydrogens is 342 g/mol. The van der Waals surface area contributed by atoms with Crippen LogP contribution in [-0.4, -0.2) is 5.91 Å². The van der Waals surface area contributed by atoms with Crippen LogP contribution in [0, 0.1) is 23.3 Å². The first-order chi connectivity index (χ1) is 9.40.